The summed E-state index contributed by atoms with van der Waals surface area (Å²) in [6.45, 7) is 0.610. The molecule has 0 unspecified atom stereocenters. The third-order valence-electron chi connectivity index (χ3n) is 3.69. The summed E-state index contributed by atoms with van der Waals surface area (Å²) in [5, 5.41) is 21.9. The van der Waals surface area contributed by atoms with Crippen LogP contribution in [-0.4, -0.2) is 25.2 Å². The van der Waals surface area contributed by atoms with Gasteiger partial charge in [-0.2, -0.15) is 0 Å². The standard InChI is InChI=1S/C20H22O6.2Na/c21-17-9-5-15(6-10-17)19(23)25-13-3-1-2-4-14-26-20(24)16-7-11-18(22)12-8-16;;/h5-12,21-22H,1-4,13-14H2;;/q;2*+1/p-2. The predicted octanol–water partition coefficient (Wildman–Crippen LogP) is -3.58. The summed E-state index contributed by atoms with van der Waals surface area (Å²) < 4.78 is 10.3. The Bertz CT molecular complexity index is 653. The van der Waals surface area contributed by atoms with E-state index in [-0.39, 0.29) is 70.6 Å². The van der Waals surface area contributed by atoms with Crippen molar-refractivity contribution >= 4 is 11.9 Å². The summed E-state index contributed by atoms with van der Waals surface area (Å²) in [4.78, 5) is 23.4. The molecule has 0 amide bonds. The first-order valence-electron chi connectivity index (χ1n) is 8.44. The molecule has 0 saturated heterocycles. The Labute approximate surface area is 208 Å². The van der Waals surface area contributed by atoms with E-state index in [9.17, 15) is 19.8 Å². The van der Waals surface area contributed by atoms with Crippen LogP contribution in [-0.2, 0) is 9.47 Å². The van der Waals surface area contributed by atoms with Crippen LogP contribution >= 0.6 is 0 Å². The number of ether oxygens (including phenoxy) is 2. The van der Waals surface area contributed by atoms with Crippen molar-refractivity contribution in [1.82, 2.24) is 0 Å². The van der Waals surface area contributed by atoms with Crippen LogP contribution in [0, 0.1) is 0 Å². The molecule has 0 atom stereocenters. The van der Waals surface area contributed by atoms with Gasteiger partial charge in [0.1, 0.15) is 0 Å². The van der Waals surface area contributed by atoms with E-state index in [0.717, 1.165) is 12.8 Å². The van der Waals surface area contributed by atoms with E-state index in [1.165, 1.54) is 48.5 Å². The molecular formula is C20H20Na2O6. The molecule has 0 aliphatic heterocycles. The summed E-state index contributed by atoms with van der Waals surface area (Å²) >= 11 is 0. The van der Waals surface area contributed by atoms with Crippen molar-refractivity contribution in [1.29, 1.82) is 0 Å². The summed E-state index contributed by atoms with van der Waals surface area (Å²) in [6, 6.07) is 11.1. The molecule has 2 aromatic rings. The number of rotatable bonds is 9. The largest absolute Gasteiger partial charge is 1.00 e. The molecule has 0 fully saturated rings. The number of esters is 2. The number of hydrogen-bond acceptors (Lipinski definition) is 6. The van der Waals surface area contributed by atoms with E-state index in [1.807, 2.05) is 0 Å². The van der Waals surface area contributed by atoms with Gasteiger partial charge in [0.25, 0.3) is 0 Å². The zero-order valence-corrected chi connectivity index (χ0v) is 20.3. The van der Waals surface area contributed by atoms with E-state index in [0.29, 0.717) is 37.2 Å². The summed E-state index contributed by atoms with van der Waals surface area (Å²) in [6.07, 6.45) is 3.11. The molecule has 8 heteroatoms. The zero-order chi connectivity index (χ0) is 18.8. The predicted molar refractivity (Wildman–Crippen MR) is 90.8 cm³/mol. The molecule has 2 aromatic carbocycles. The van der Waals surface area contributed by atoms with Crippen LogP contribution in [0.5, 0.6) is 11.5 Å². The molecule has 0 bridgehead atoms. The van der Waals surface area contributed by atoms with Gasteiger partial charge in [-0.3, -0.25) is 0 Å². The Kier molecular flexibility index (Phi) is 14.4. The van der Waals surface area contributed by atoms with Gasteiger partial charge in [-0.25, -0.2) is 9.59 Å². The van der Waals surface area contributed by atoms with E-state index in [4.69, 9.17) is 9.47 Å². The normalized spacial score (nSPS) is 9.57. The second kappa shape index (κ2) is 14.9. The molecular weight excluding hydrogens is 382 g/mol. The Morgan fingerprint density at radius 1 is 0.607 bits per heavy atom. The van der Waals surface area contributed by atoms with Crippen LogP contribution in [0.4, 0.5) is 0 Å². The second-order valence-electron chi connectivity index (χ2n) is 5.73. The molecule has 0 saturated carbocycles. The van der Waals surface area contributed by atoms with Gasteiger partial charge in [-0.05, 0) is 49.9 Å². The van der Waals surface area contributed by atoms with Gasteiger partial charge in [0.05, 0.1) is 24.3 Å². The molecule has 0 spiro atoms. The number of unbranched alkanes of at least 4 members (excludes halogenated alkanes) is 3. The van der Waals surface area contributed by atoms with Gasteiger partial charge in [0.2, 0.25) is 0 Å². The molecule has 0 N–H and O–H groups in total. The van der Waals surface area contributed by atoms with Crippen molar-refractivity contribution < 1.29 is 88.4 Å². The fourth-order valence-corrected chi connectivity index (χ4v) is 2.24. The van der Waals surface area contributed by atoms with Crippen LogP contribution in [0.1, 0.15) is 46.4 Å². The molecule has 28 heavy (non-hydrogen) atoms. The number of benzene rings is 2. The maximum absolute atomic E-state index is 11.7. The molecule has 0 aliphatic rings. The molecule has 0 aliphatic carbocycles. The Balaban J connectivity index is 0.00000364. The smallest absolute Gasteiger partial charge is 0.872 e. The average Bonchev–Trinajstić information content (AvgIpc) is 2.64. The third kappa shape index (κ3) is 9.96. The van der Waals surface area contributed by atoms with Crippen molar-refractivity contribution in [3.8, 4) is 11.5 Å². The summed E-state index contributed by atoms with van der Waals surface area (Å²) in [7, 11) is 0. The second-order valence-corrected chi connectivity index (χ2v) is 5.73. The van der Waals surface area contributed by atoms with E-state index < -0.39 is 11.9 Å². The minimum absolute atomic E-state index is 0. The quantitative estimate of drug-likeness (QED) is 0.244. The van der Waals surface area contributed by atoms with Gasteiger partial charge in [-0.15, -0.1) is 11.5 Å². The maximum Gasteiger partial charge on any atom is 1.00 e. The van der Waals surface area contributed by atoms with Crippen molar-refractivity contribution in [3.63, 3.8) is 0 Å². The molecule has 2 rings (SSSR count). The Hall–Kier alpha value is -1.02. The summed E-state index contributed by atoms with van der Waals surface area (Å²) in [5.41, 5.74) is 0.725. The molecule has 0 aromatic heterocycles. The Morgan fingerprint density at radius 2 is 0.929 bits per heavy atom. The van der Waals surface area contributed by atoms with Crippen molar-refractivity contribution in [2.24, 2.45) is 0 Å². The van der Waals surface area contributed by atoms with Gasteiger partial charge >= 0.3 is 71.1 Å². The number of carbonyl (C=O) groups excluding carboxylic acids is 2. The van der Waals surface area contributed by atoms with Gasteiger partial charge in [-0.1, -0.05) is 24.3 Å². The third-order valence-corrected chi connectivity index (χ3v) is 3.69. The van der Waals surface area contributed by atoms with Crippen LogP contribution in [0.15, 0.2) is 48.5 Å². The summed E-state index contributed by atoms with van der Waals surface area (Å²) in [5.74, 6) is -1.18. The zero-order valence-electron chi connectivity index (χ0n) is 16.3. The number of hydrogen-bond donors (Lipinski definition) is 0. The minimum atomic E-state index is -0.442. The molecule has 0 radical (unpaired) electrons. The average molecular weight is 402 g/mol. The van der Waals surface area contributed by atoms with E-state index in [2.05, 4.69) is 0 Å². The number of carbonyl (C=O) groups is 2. The van der Waals surface area contributed by atoms with E-state index >= 15 is 0 Å². The van der Waals surface area contributed by atoms with Crippen LogP contribution in [0.2, 0.25) is 0 Å². The molecule has 6 nitrogen and oxygen atoms in total. The maximum atomic E-state index is 11.7. The first kappa shape index (κ1) is 27.0. The van der Waals surface area contributed by atoms with Gasteiger partial charge < -0.3 is 19.7 Å². The SMILES string of the molecule is O=C(OCCCCCCOC(=O)c1ccc([O-])cc1)c1ccc([O-])cc1.[Na+].[Na+]. The first-order chi connectivity index (χ1) is 12.6. The minimum Gasteiger partial charge on any atom is -0.872 e. The van der Waals surface area contributed by atoms with Crippen molar-refractivity contribution in [3.05, 3.63) is 59.7 Å². The fraction of sp³-hybridized carbons (Fsp3) is 0.300. The van der Waals surface area contributed by atoms with Crippen molar-refractivity contribution in [2.45, 2.75) is 25.7 Å². The monoisotopic (exact) mass is 402 g/mol. The van der Waals surface area contributed by atoms with Crippen LogP contribution in [0.3, 0.4) is 0 Å². The van der Waals surface area contributed by atoms with Crippen LogP contribution < -0.4 is 69.3 Å². The molecule has 0 heterocycles. The fourth-order valence-electron chi connectivity index (χ4n) is 2.24. The Morgan fingerprint density at radius 3 is 1.25 bits per heavy atom. The van der Waals surface area contributed by atoms with Gasteiger partial charge in [0.15, 0.2) is 0 Å². The van der Waals surface area contributed by atoms with E-state index in [1.54, 1.807) is 0 Å². The first-order valence-corrected chi connectivity index (χ1v) is 8.44. The molecule has 138 valence electrons. The topological polar surface area (TPSA) is 98.7 Å². The van der Waals surface area contributed by atoms with Crippen molar-refractivity contribution in [2.75, 3.05) is 13.2 Å². The van der Waals surface area contributed by atoms with Crippen LogP contribution in [0.25, 0.3) is 0 Å². The van der Waals surface area contributed by atoms with Gasteiger partial charge in [0, 0.05) is 0 Å².